The summed E-state index contributed by atoms with van der Waals surface area (Å²) in [5.41, 5.74) is 1.27. The lowest BCUT2D eigenvalue weighted by Gasteiger charge is -2.23. The van der Waals surface area contributed by atoms with Crippen LogP contribution in [0.25, 0.3) is 11.4 Å². The van der Waals surface area contributed by atoms with Crippen LogP contribution in [0.5, 0.6) is 0 Å². The maximum Gasteiger partial charge on any atom is 0.244 e. The van der Waals surface area contributed by atoms with Crippen LogP contribution in [0.3, 0.4) is 0 Å². The molecule has 1 N–H and O–H groups in total. The molecule has 114 valence electrons. The summed E-state index contributed by atoms with van der Waals surface area (Å²) >= 11 is 0. The highest BCUT2D eigenvalue weighted by Crippen LogP contribution is 2.23. The predicted molar refractivity (Wildman–Crippen MR) is 77.2 cm³/mol. The molecule has 1 heterocycles. The smallest absolute Gasteiger partial charge is 0.244 e. The minimum Gasteiger partial charge on any atom is -0.395 e. The van der Waals surface area contributed by atoms with Crippen LogP contribution in [0.2, 0.25) is 0 Å². The molecule has 0 aliphatic carbocycles. The van der Waals surface area contributed by atoms with Crippen molar-refractivity contribution >= 4 is 0 Å². The van der Waals surface area contributed by atoms with Gasteiger partial charge < -0.3 is 9.63 Å². The Balaban J connectivity index is 2.22. The highest BCUT2D eigenvalue weighted by Gasteiger charge is 2.20. The first-order valence-electron chi connectivity index (χ1n) is 7.01. The number of hydrogen-bond acceptors (Lipinski definition) is 5. The second-order valence-corrected chi connectivity index (χ2v) is 4.95. The second-order valence-electron chi connectivity index (χ2n) is 4.95. The van der Waals surface area contributed by atoms with E-state index in [0.29, 0.717) is 23.8 Å². The molecule has 1 atom stereocenters. The van der Waals surface area contributed by atoms with Crippen molar-refractivity contribution in [2.24, 2.45) is 0 Å². The molecule has 0 spiro atoms. The summed E-state index contributed by atoms with van der Waals surface area (Å²) in [7, 11) is 0. The molecule has 0 amide bonds. The third-order valence-corrected chi connectivity index (χ3v) is 3.56. The molecule has 2 rings (SSSR count). The van der Waals surface area contributed by atoms with E-state index in [4.69, 9.17) is 9.63 Å². The van der Waals surface area contributed by atoms with Gasteiger partial charge in [-0.25, -0.2) is 4.39 Å². The minimum absolute atomic E-state index is 0.0788. The predicted octanol–water partition coefficient (Wildman–Crippen LogP) is 2.56. The lowest BCUT2D eigenvalue weighted by molar-refractivity contribution is 0.143. The van der Waals surface area contributed by atoms with Gasteiger partial charge in [0.1, 0.15) is 5.82 Å². The maximum atomic E-state index is 13.3. The van der Waals surface area contributed by atoms with Crippen LogP contribution in [0.15, 0.2) is 22.7 Å². The number of benzene rings is 1. The van der Waals surface area contributed by atoms with E-state index in [2.05, 4.69) is 10.1 Å². The molecule has 0 aliphatic heterocycles. The van der Waals surface area contributed by atoms with E-state index in [9.17, 15) is 4.39 Å². The summed E-state index contributed by atoms with van der Waals surface area (Å²) in [5, 5.41) is 13.0. The van der Waals surface area contributed by atoms with E-state index >= 15 is 0 Å². The number of aromatic nitrogens is 2. The number of rotatable bonds is 6. The van der Waals surface area contributed by atoms with Crippen LogP contribution in [0, 0.1) is 12.7 Å². The lowest BCUT2D eigenvalue weighted by Crippen LogP contribution is -2.29. The fourth-order valence-corrected chi connectivity index (χ4v) is 2.22. The molecular weight excluding hydrogens is 273 g/mol. The first-order chi connectivity index (χ1) is 10.1. The number of aliphatic hydroxyl groups is 1. The van der Waals surface area contributed by atoms with Crippen LogP contribution in [-0.2, 0) is 0 Å². The Labute approximate surface area is 123 Å². The second kappa shape index (κ2) is 6.78. The molecule has 0 saturated carbocycles. The molecule has 1 aromatic heterocycles. The molecule has 21 heavy (non-hydrogen) atoms. The molecule has 5 nitrogen and oxygen atoms in total. The maximum absolute atomic E-state index is 13.3. The van der Waals surface area contributed by atoms with Crippen LogP contribution >= 0.6 is 0 Å². The van der Waals surface area contributed by atoms with Gasteiger partial charge in [0, 0.05) is 12.1 Å². The average molecular weight is 293 g/mol. The molecule has 0 fully saturated rings. The standard InChI is InChI=1S/C15H20FN3O2/c1-4-19(7-8-20)11(3)15-17-14(18-21-15)12-5-6-13(16)10(2)9-12/h5-6,9,11,20H,4,7-8H2,1-3H3. The van der Waals surface area contributed by atoms with Crippen molar-refractivity contribution in [3.05, 3.63) is 35.5 Å². The Morgan fingerprint density at radius 1 is 1.43 bits per heavy atom. The molecule has 0 radical (unpaired) electrons. The summed E-state index contributed by atoms with van der Waals surface area (Å²) in [6.07, 6.45) is 0. The molecule has 1 aromatic carbocycles. The fraction of sp³-hybridized carbons (Fsp3) is 0.467. The minimum atomic E-state index is -0.254. The van der Waals surface area contributed by atoms with Crippen LogP contribution in [0.4, 0.5) is 4.39 Å². The first-order valence-corrected chi connectivity index (χ1v) is 7.01. The Hall–Kier alpha value is -1.79. The molecular formula is C15H20FN3O2. The van der Waals surface area contributed by atoms with Crippen LogP contribution < -0.4 is 0 Å². The van der Waals surface area contributed by atoms with Gasteiger partial charge >= 0.3 is 0 Å². The monoisotopic (exact) mass is 293 g/mol. The van der Waals surface area contributed by atoms with E-state index < -0.39 is 0 Å². The summed E-state index contributed by atoms with van der Waals surface area (Å²) in [6.45, 7) is 7.05. The van der Waals surface area contributed by atoms with Gasteiger partial charge in [0.05, 0.1) is 12.6 Å². The fourth-order valence-electron chi connectivity index (χ4n) is 2.22. The Bertz CT molecular complexity index is 600. The summed E-state index contributed by atoms with van der Waals surface area (Å²) < 4.78 is 18.6. The number of nitrogens with zero attached hydrogens (tertiary/aromatic N) is 3. The zero-order chi connectivity index (χ0) is 15.4. The van der Waals surface area contributed by atoms with Gasteiger partial charge in [0.15, 0.2) is 0 Å². The number of aliphatic hydroxyl groups excluding tert-OH is 1. The summed E-state index contributed by atoms with van der Waals surface area (Å²) in [4.78, 5) is 6.41. The first kappa shape index (κ1) is 15.6. The summed E-state index contributed by atoms with van der Waals surface area (Å²) in [5.74, 6) is 0.679. The van der Waals surface area contributed by atoms with Crippen molar-refractivity contribution in [2.45, 2.75) is 26.8 Å². The third kappa shape index (κ3) is 3.46. The van der Waals surface area contributed by atoms with Crippen molar-refractivity contribution in [1.82, 2.24) is 15.0 Å². The highest BCUT2D eigenvalue weighted by atomic mass is 19.1. The van der Waals surface area contributed by atoms with Crippen molar-refractivity contribution in [3.8, 4) is 11.4 Å². The molecule has 1 unspecified atom stereocenters. The van der Waals surface area contributed by atoms with E-state index in [1.54, 1.807) is 19.1 Å². The van der Waals surface area contributed by atoms with Crippen molar-refractivity contribution in [3.63, 3.8) is 0 Å². The van der Waals surface area contributed by atoms with Gasteiger partial charge in [-0.15, -0.1) is 0 Å². The quantitative estimate of drug-likeness (QED) is 0.887. The Morgan fingerprint density at radius 2 is 2.19 bits per heavy atom. The largest absolute Gasteiger partial charge is 0.395 e. The normalized spacial score (nSPS) is 12.9. The molecule has 0 saturated heterocycles. The van der Waals surface area contributed by atoms with E-state index in [0.717, 1.165) is 12.1 Å². The van der Waals surface area contributed by atoms with E-state index in [1.807, 2.05) is 18.7 Å². The van der Waals surface area contributed by atoms with Gasteiger partial charge in [-0.3, -0.25) is 4.90 Å². The molecule has 0 bridgehead atoms. The number of hydrogen-bond donors (Lipinski definition) is 1. The van der Waals surface area contributed by atoms with Gasteiger partial charge in [-0.05, 0) is 44.2 Å². The van der Waals surface area contributed by atoms with Crippen molar-refractivity contribution in [2.75, 3.05) is 19.7 Å². The Kier molecular flexibility index (Phi) is 5.03. The van der Waals surface area contributed by atoms with Gasteiger partial charge in [0.25, 0.3) is 0 Å². The number of aryl methyl sites for hydroxylation is 1. The summed E-state index contributed by atoms with van der Waals surface area (Å²) in [6, 6.07) is 4.64. The number of halogens is 1. The van der Waals surface area contributed by atoms with Gasteiger partial charge in [-0.2, -0.15) is 4.98 Å². The Morgan fingerprint density at radius 3 is 2.81 bits per heavy atom. The molecule has 2 aromatic rings. The average Bonchev–Trinajstić information content (AvgIpc) is 2.96. The van der Waals surface area contributed by atoms with Gasteiger partial charge in [0.2, 0.25) is 11.7 Å². The number of likely N-dealkylation sites (N-methyl/N-ethyl adjacent to an activating group) is 1. The molecule has 0 aliphatic rings. The van der Waals surface area contributed by atoms with Crippen LogP contribution in [0.1, 0.15) is 31.3 Å². The van der Waals surface area contributed by atoms with Crippen molar-refractivity contribution in [1.29, 1.82) is 0 Å². The topological polar surface area (TPSA) is 62.4 Å². The third-order valence-electron chi connectivity index (χ3n) is 3.56. The van der Waals surface area contributed by atoms with Gasteiger partial charge in [-0.1, -0.05) is 12.1 Å². The SMILES string of the molecule is CCN(CCO)C(C)c1nc(-c2ccc(F)c(C)c2)no1. The molecule has 6 heteroatoms. The zero-order valence-corrected chi connectivity index (χ0v) is 12.5. The van der Waals surface area contributed by atoms with E-state index in [1.165, 1.54) is 6.07 Å². The van der Waals surface area contributed by atoms with Crippen LogP contribution in [-0.4, -0.2) is 39.8 Å². The zero-order valence-electron chi connectivity index (χ0n) is 12.5. The highest BCUT2D eigenvalue weighted by molar-refractivity contribution is 5.55. The van der Waals surface area contributed by atoms with E-state index in [-0.39, 0.29) is 18.5 Å². The van der Waals surface area contributed by atoms with Crippen molar-refractivity contribution < 1.29 is 14.0 Å². The lowest BCUT2D eigenvalue weighted by atomic mass is 10.1.